The molecule has 0 fully saturated rings. The van der Waals surface area contributed by atoms with E-state index in [1.807, 2.05) is 0 Å². The monoisotopic (exact) mass is 185 g/mol. The average molecular weight is 185 g/mol. The molecule has 0 aliphatic heterocycles. The summed E-state index contributed by atoms with van der Waals surface area (Å²) in [4.78, 5) is 4.62. The van der Waals surface area contributed by atoms with Gasteiger partial charge in [-0.3, -0.25) is 4.84 Å². The summed E-state index contributed by atoms with van der Waals surface area (Å²) in [7, 11) is 1.47. The van der Waals surface area contributed by atoms with Crippen LogP contribution in [0.5, 0.6) is 5.75 Å². The molecular formula is C9H12FNO2. The Morgan fingerprint density at radius 2 is 2.15 bits per heavy atom. The lowest BCUT2D eigenvalue weighted by atomic mass is 10.1. The van der Waals surface area contributed by atoms with Crippen LogP contribution in [0, 0.1) is 5.82 Å². The fourth-order valence-corrected chi connectivity index (χ4v) is 1.09. The first-order valence-corrected chi connectivity index (χ1v) is 3.88. The molecule has 0 spiro atoms. The van der Waals surface area contributed by atoms with Crippen molar-refractivity contribution in [3.05, 3.63) is 29.6 Å². The summed E-state index contributed by atoms with van der Waals surface area (Å²) >= 11 is 0. The minimum absolute atomic E-state index is 0.310. The van der Waals surface area contributed by atoms with Crippen molar-refractivity contribution in [3.63, 3.8) is 0 Å². The van der Waals surface area contributed by atoms with E-state index in [0.717, 1.165) is 5.56 Å². The number of benzene rings is 1. The molecule has 1 unspecified atom stereocenters. The minimum Gasteiger partial charge on any atom is -0.496 e. The van der Waals surface area contributed by atoms with Gasteiger partial charge < -0.3 is 4.74 Å². The first kappa shape index (κ1) is 9.95. The molecule has 1 aromatic rings. The molecule has 0 heterocycles. The summed E-state index contributed by atoms with van der Waals surface area (Å²) in [6.07, 6.45) is -0.310. The molecule has 0 saturated carbocycles. The van der Waals surface area contributed by atoms with Crippen LogP contribution in [-0.4, -0.2) is 7.11 Å². The zero-order chi connectivity index (χ0) is 9.84. The third-order valence-corrected chi connectivity index (χ3v) is 1.84. The maximum Gasteiger partial charge on any atom is 0.127 e. The zero-order valence-corrected chi connectivity index (χ0v) is 7.58. The second kappa shape index (κ2) is 4.20. The fourth-order valence-electron chi connectivity index (χ4n) is 1.09. The van der Waals surface area contributed by atoms with Gasteiger partial charge in [-0.25, -0.2) is 10.3 Å². The number of ether oxygens (including phenoxy) is 1. The van der Waals surface area contributed by atoms with Crippen LogP contribution in [0.2, 0.25) is 0 Å². The SMILES string of the molecule is COc1cc(F)ccc1C(C)ON. The summed E-state index contributed by atoms with van der Waals surface area (Å²) in [5, 5.41) is 0. The van der Waals surface area contributed by atoms with Crippen molar-refractivity contribution < 1.29 is 14.0 Å². The van der Waals surface area contributed by atoms with E-state index in [1.165, 1.54) is 19.2 Å². The van der Waals surface area contributed by atoms with Crippen molar-refractivity contribution >= 4 is 0 Å². The average Bonchev–Trinajstić information content (AvgIpc) is 2.16. The van der Waals surface area contributed by atoms with Gasteiger partial charge in [0.25, 0.3) is 0 Å². The molecule has 0 aliphatic carbocycles. The third-order valence-electron chi connectivity index (χ3n) is 1.84. The number of rotatable bonds is 3. The molecule has 1 atom stereocenters. The summed E-state index contributed by atoms with van der Waals surface area (Å²) in [6.45, 7) is 1.76. The molecule has 0 radical (unpaired) electrons. The largest absolute Gasteiger partial charge is 0.496 e. The van der Waals surface area contributed by atoms with Crippen molar-refractivity contribution in [3.8, 4) is 5.75 Å². The molecule has 13 heavy (non-hydrogen) atoms. The van der Waals surface area contributed by atoms with Crippen LogP contribution in [-0.2, 0) is 4.84 Å². The predicted octanol–water partition coefficient (Wildman–Crippen LogP) is 1.79. The van der Waals surface area contributed by atoms with E-state index in [1.54, 1.807) is 13.0 Å². The lowest BCUT2D eigenvalue weighted by Crippen LogP contribution is -2.07. The van der Waals surface area contributed by atoms with Gasteiger partial charge in [0.15, 0.2) is 0 Å². The molecule has 0 saturated heterocycles. The Morgan fingerprint density at radius 3 is 2.69 bits per heavy atom. The number of halogens is 1. The smallest absolute Gasteiger partial charge is 0.127 e. The van der Waals surface area contributed by atoms with Crippen molar-refractivity contribution in [1.82, 2.24) is 0 Å². The van der Waals surface area contributed by atoms with Gasteiger partial charge >= 0.3 is 0 Å². The first-order valence-electron chi connectivity index (χ1n) is 3.88. The van der Waals surface area contributed by atoms with E-state index in [2.05, 4.69) is 4.84 Å². The Kier molecular flexibility index (Phi) is 3.22. The van der Waals surface area contributed by atoms with Crippen LogP contribution >= 0.6 is 0 Å². The Morgan fingerprint density at radius 1 is 1.46 bits per heavy atom. The summed E-state index contributed by atoms with van der Waals surface area (Å²) in [6, 6.07) is 4.23. The summed E-state index contributed by atoms with van der Waals surface area (Å²) < 4.78 is 17.7. The van der Waals surface area contributed by atoms with Gasteiger partial charge in [-0.1, -0.05) is 0 Å². The second-order valence-electron chi connectivity index (χ2n) is 2.66. The summed E-state index contributed by atoms with van der Waals surface area (Å²) in [5.74, 6) is 5.12. The second-order valence-corrected chi connectivity index (χ2v) is 2.66. The highest BCUT2D eigenvalue weighted by molar-refractivity contribution is 5.35. The van der Waals surface area contributed by atoms with E-state index in [-0.39, 0.29) is 11.9 Å². The maximum atomic E-state index is 12.7. The van der Waals surface area contributed by atoms with Crippen LogP contribution in [0.1, 0.15) is 18.6 Å². The van der Waals surface area contributed by atoms with Gasteiger partial charge in [0.2, 0.25) is 0 Å². The molecule has 1 rings (SSSR count). The Balaban J connectivity index is 3.05. The van der Waals surface area contributed by atoms with Gasteiger partial charge in [-0.05, 0) is 19.1 Å². The van der Waals surface area contributed by atoms with Crippen LogP contribution in [0.15, 0.2) is 18.2 Å². The van der Waals surface area contributed by atoms with Crippen molar-refractivity contribution in [1.29, 1.82) is 0 Å². The number of hydrogen-bond donors (Lipinski definition) is 1. The number of hydrogen-bond acceptors (Lipinski definition) is 3. The van der Waals surface area contributed by atoms with Crippen molar-refractivity contribution in [2.24, 2.45) is 5.90 Å². The normalized spacial score (nSPS) is 12.6. The van der Waals surface area contributed by atoms with Crippen LogP contribution in [0.3, 0.4) is 0 Å². The molecule has 1 aromatic carbocycles. The predicted molar refractivity (Wildman–Crippen MR) is 46.6 cm³/mol. The lowest BCUT2D eigenvalue weighted by molar-refractivity contribution is 0.0645. The Hall–Kier alpha value is -1.13. The van der Waals surface area contributed by atoms with Gasteiger partial charge in [0.1, 0.15) is 17.7 Å². The highest BCUT2D eigenvalue weighted by Crippen LogP contribution is 2.26. The molecule has 0 aromatic heterocycles. The van der Waals surface area contributed by atoms with Crippen molar-refractivity contribution in [2.45, 2.75) is 13.0 Å². The molecule has 4 heteroatoms. The van der Waals surface area contributed by atoms with Crippen LogP contribution < -0.4 is 10.6 Å². The molecule has 0 bridgehead atoms. The lowest BCUT2D eigenvalue weighted by Gasteiger charge is -2.13. The van der Waals surface area contributed by atoms with Gasteiger partial charge in [0.05, 0.1) is 7.11 Å². The Bertz CT molecular complexity index is 291. The summed E-state index contributed by atoms with van der Waals surface area (Å²) in [5.41, 5.74) is 0.728. The molecule has 0 aliphatic rings. The molecular weight excluding hydrogens is 173 g/mol. The number of nitrogens with two attached hydrogens (primary N) is 1. The highest BCUT2D eigenvalue weighted by atomic mass is 19.1. The van der Waals surface area contributed by atoms with E-state index < -0.39 is 0 Å². The maximum absolute atomic E-state index is 12.7. The van der Waals surface area contributed by atoms with Crippen molar-refractivity contribution in [2.75, 3.05) is 7.11 Å². The van der Waals surface area contributed by atoms with Crippen LogP contribution in [0.4, 0.5) is 4.39 Å². The highest BCUT2D eigenvalue weighted by Gasteiger charge is 2.11. The Labute approximate surface area is 76.2 Å². The topological polar surface area (TPSA) is 44.5 Å². The third kappa shape index (κ3) is 2.17. The van der Waals surface area contributed by atoms with Crippen LogP contribution in [0.25, 0.3) is 0 Å². The van der Waals surface area contributed by atoms with Gasteiger partial charge in [-0.2, -0.15) is 0 Å². The fraction of sp³-hybridized carbons (Fsp3) is 0.333. The van der Waals surface area contributed by atoms with E-state index in [4.69, 9.17) is 10.6 Å². The molecule has 72 valence electrons. The minimum atomic E-state index is -0.343. The first-order chi connectivity index (χ1) is 6.19. The number of methoxy groups -OCH3 is 1. The van der Waals surface area contributed by atoms with E-state index >= 15 is 0 Å². The zero-order valence-electron chi connectivity index (χ0n) is 7.58. The van der Waals surface area contributed by atoms with Gasteiger partial charge in [-0.15, -0.1) is 0 Å². The quantitative estimate of drug-likeness (QED) is 0.730. The van der Waals surface area contributed by atoms with E-state index in [0.29, 0.717) is 5.75 Å². The molecule has 3 nitrogen and oxygen atoms in total. The van der Waals surface area contributed by atoms with E-state index in [9.17, 15) is 4.39 Å². The van der Waals surface area contributed by atoms with Gasteiger partial charge in [0, 0.05) is 11.6 Å². The standard InChI is InChI=1S/C9H12FNO2/c1-6(13-11)8-4-3-7(10)5-9(8)12-2/h3-6H,11H2,1-2H3. The molecule has 2 N–H and O–H groups in total. The molecule has 0 amide bonds.